The summed E-state index contributed by atoms with van der Waals surface area (Å²) in [5.41, 5.74) is 0.221. The van der Waals surface area contributed by atoms with Gasteiger partial charge in [0.2, 0.25) is 0 Å². The van der Waals surface area contributed by atoms with E-state index >= 15 is 0 Å². The maximum atomic E-state index is 11.0. The van der Waals surface area contributed by atoms with Crippen LogP contribution in [0.5, 0.6) is 5.75 Å². The second-order valence-electron chi connectivity index (χ2n) is 5.25. The van der Waals surface area contributed by atoms with Gasteiger partial charge >= 0.3 is 5.97 Å². The predicted molar refractivity (Wildman–Crippen MR) is 83.6 cm³/mol. The number of carbonyl (C=O) groups is 1. The lowest BCUT2D eigenvalue weighted by Crippen LogP contribution is -2.39. The fourth-order valence-electron chi connectivity index (χ4n) is 2.15. The summed E-state index contributed by atoms with van der Waals surface area (Å²) in [4.78, 5) is 13.3. The molecule has 1 aromatic carbocycles. The molecule has 1 aromatic rings. The van der Waals surface area contributed by atoms with E-state index in [0.717, 1.165) is 6.54 Å². The van der Waals surface area contributed by atoms with Crippen LogP contribution in [0.4, 0.5) is 0 Å². The third-order valence-electron chi connectivity index (χ3n) is 3.06. The first-order chi connectivity index (χ1) is 9.31. The Balaban J connectivity index is 2.64. The molecule has 0 fully saturated rings. The molecule has 0 unspecified atom stereocenters. The normalized spacial score (nSPS) is 11.4. The highest BCUT2D eigenvalue weighted by molar-refractivity contribution is 9.10. The molecule has 4 nitrogen and oxygen atoms in total. The van der Waals surface area contributed by atoms with Gasteiger partial charge in [0.25, 0.3) is 0 Å². The highest BCUT2D eigenvalue weighted by atomic mass is 79.9. The van der Waals surface area contributed by atoms with Gasteiger partial charge in [-0.3, -0.25) is 4.90 Å². The molecule has 112 valence electrons. The summed E-state index contributed by atoms with van der Waals surface area (Å²) in [5.74, 6) is -0.383. The van der Waals surface area contributed by atoms with E-state index in [2.05, 4.69) is 48.5 Å². The Kier molecular flexibility index (Phi) is 6.49. The number of benzene rings is 1. The van der Waals surface area contributed by atoms with E-state index in [1.807, 2.05) is 0 Å². The van der Waals surface area contributed by atoms with Crippen LogP contribution in [0.2, 0.25) is 0 Å². The monoisotopic (exact) mass is 343 g/mol. The number of nitrogens with zero attached hydrogens (tertiary/aromatic N) is 1. The average molecular weight is 344 g/mol. The van der Waals surface area contributed by atoms with Gasteiger partial charge in [0, 0.05) is 23.1 Å². The molecule has 20 heavy (non-hydrogen) atoms. The van der Waals surface area contributed by atoms with Crippen LogP contribution in [-0.2, 0) is 0 Å². The maximum absolute atomic E-state index is 11.0. The van der Waals surface area contributed by atoms with Crippen molar-refractivity contribution in [3.8, 4) is 5.75 Å². The van der Waals surface area contributed by atoms with Crippen LogP contribution in [0.15, 0.2) is 22.7 Å². The minimum atomic E-state index is -0.956. The summed E-state index contributed by atoms with van der Waals surface area (Å²) in [7, 11) is 0. The quantitative estimate of drug-likeness (QED) is 0.820. The molecule has 0 aliphatic rings. The smallest absolute Gasteiger partial charge is 0.335 e. The molecule has 0 saturated heterocycles. The molecule has 0 atom stereocenters. The van der Waals surface area contributed by atoms with Crippen molar-refractivity contribution >= 4 is 21.9 Å². The number of hydrogen-bond donors (Lipinski definition) is 1. The molecule has 1 rings (SSSR count). The first kappa shape index (κ1) is 17.0. The second kappa shape index (κ2) is 7.64. The molecule has 0 amide bonds. The summed E-state index contributed by atoms with van der Waals surface area (Å²) in [5, 5.41) is 9.01. The maximum Gasteiger partial charge on any atom is 0.335 e. The van der Waals surface area contributed by atoms with Crippen molar-refractivity contribution in [1.29, 1.82) is 0 Å². The van der Waals surface area contributed by atoms with Crippen LogP contribution < -0.4 is 4.74 Å². The molecule has 0 saturated carbocycles. The highest BCUT2D eigenvalue weighted by Crippen LogP contribution is 2.21. The SMILES string of the molecule is CC(C)N(CCOc1cc(Br)cc(C(=O)O)c1)C(C)C. The number of rotatable bonds is 7. The minimum Gasteiger partial charge on any atom is -0.492 e. The van der Waals surface area contributed by atoms with E-state index in [4.69, 9.17) is 9.84 Å². The van der Waals surface area contributed by atoms with E-state index in [9.17, 15) is 4.79 Å². The molecular formula is C15H22BrNO3. The molecule has 0 radical (unpaired) electrons. The zero-order chi connectivity index (χ0) is 15.3. The molecular weight excluding hydrogens is 322 g/mol. The van der Waals surface area contributed by atoms with E-state index in [-0.39, 0.29) is 5.56 Å². The number of carboxylic acids is 1. The largest absolute Gasteiger partial charge is 0.492 e. The van der Waals surface area contributed by atoms with Crippen LogP contribution in [0.25, 0.3) is 0 Å². The van der Waals surface area contributed by atoms with Crippen LogP contribution in [0.3, 0.4) is 0 Å². The fourth-order valence-corrected chi connectivity index (χ4v) is 2.62. The van der Waals surface area contributed by atoms with E-state index < -0.39 is 5.97 Å². The zero-order valence-electron chi connectivity index (χ0n) is 12.4. The first-order valence-corrected chi connectivity index (χ1v) is 7.53. The summed E-state index contributed by atoms with van der Waals surface area (Å²) >= 11 is 3.29. The van der Waals surface area contributed by atoms with Gasteiger partial charge in [-0.2, -0.15) is 0 Å². The summed E-state index contributed by atoms with van der Waals surface area (Å²) in [6.45, 7) is 9.96. The van der Waals surface area contributed by atoms with E-state index in [0.29, 0.717) is 28.9 Å². The van der Waals surface area contributed by atoms with E-state index in [1.54, 1.807) is 18.2 Å². The minimum absolute atomic E-state index is 0.221. The van der Waals surface area contributed by atoms with E-state index in [1.165, 1.54) is 0 Å². The van der Waals surface area contributed by atoms with Gasteiger partial charge in [-0.25, -0.2) is 4.79 Å². The molecule has 0 aliphatic carbocycles. The van der Waals surface area contributed by atoms with Gasteiger partial charge in [-0.15, -0.1) is 0 Å². The van der Waals surface area contributed by atoms with Crippen LogP contribution in [-0.4, -0.2) is 41.2 Å². The van der Waals surface area contributed by atoms with Gasteiger partial charge < -0.3 is 9.84 Å². The fraction of sp³-hybridized carbons (Fsp3) is 0.533. The predicted octanol–water partition coefficient (Wildman–Crippen LogP) is 3.64. The van der Waals surface area contributed by atoms with Gasteiger partial charge in [0.1, 0.15) is 12.4 Å². The Bertz CT molecular complexity index is 452. The Morgan fingerprint density at radius 3 is 2.35 bits per heavy atom. The highest BCUT2D eigenvalue weighted by Gasteiger charge is 2.13. The third kappa shape index (κ3) is 5.13. The number of aromatic carboxylic acids is 1. The van der Waals surface area contributed by atoms with Crippen molar-refractivity contribution in [3.05, 3.63) is 28.2 Å². The van der Waals surface area contributed by atoms with Gasteiger partial charge in [-0.1, -0.05) is 15.9 Å². The molecule has 1 N–H and O–H groups in total. The Morgan fingerprint density at radius 1 is 1.25 bits per heavy atom. The molecule has 0 heterocycles. The Hall–Kier alpha value is -1.07. The third-order valence-corrected chi connectivity index (χ3v) is 3.52. The number of ether oxygens (including phenoxy) is 1. The first-order valence-electron chi connectivity index (χ1n) is 6.73. The zero-order valence-corrected chi connectivity index (χ0v) is 14.0. The van der Waals surface area contributed by atoms with Crippen LogP contribution in [0, 0.1) is 0 Å². The molecule has 0 bridgehead atoms. The van der Waals surface area contributed by atoms with Gasteiger partial charge in [-0.05, 0) is 45.9 Å². The lowest BCUT2D eigenvalue weighted by molar-refractivity contribution is 0.0696. The Morgan fingerprint density at radius 2 is 1.85 bits per heavy atom. The Labute approximate surface area is 128 Å². The van der Waals surface area contributed by atoms with Gasteiger partial charge in [0.15, 0.2) is 0 Å². The average Bonchev–Trinajstić information content (AvgIpc) is 2.32. The molecule has 0 spiro atoms. The number of halogens is 1. The number of carboxylic acid groups (broad SMARTS) is 1. The standard InChI is InChI=1S/C15H22BrNO3/c1-10(2)17(11(3)4)5-6-20-14-8-12(15(18)19)7-13(16)9-14/h7-11H,5-6H2,1-4H3,(H,18,19). The summed E-state index contributed by atoms with van der Waals surface area (Å²) in [6.07, 6.45) is 0. The van der Waals surface area contributed by atoms with Crippen molar-refractivity contribution in [3.63, 3.8) is 0 Å². The van der Waals surface area contributed by atoms with Crippen LogP contribution >= 0.6 is 15.9 Å². The van der Waals surface area contributed by atoms with Crippen LogP contribution in [0.1, 0.15) is 38.1 Å². The van der Waals surface area contributed by atoms with Crippen molar-refractivity contribution in [2.24, 2.45) is 0 Å². The summed E-state index contributed by atoms with van der Waals surface area (Å²) < 4.78 is 6.38. The lowest BCUT2D eigenvalue weighted by Gasteiger charge is -2.30. The molecule has 0 aliphatic heterocycles. The molecule has 5 heteroatoms. The lowest BCUT2D eigenvalue weighted by atomic mass is 10.2. The molecule has 0 aromatic heterocycles. The topological polar surface area (TPSA) is 49.8 Å². The van der Waals surface area contributed by atoms with Crippen molar-refractivity contribution in [2.45, 2.75) is 39.8 Å². The summed E-state index contributed by atoms with van der Waals surface area (Å²) in [6, 6.07) is 5.79. The second-order valence-corrected chi connectivity index (χ2v) is 6.17. The number of hydrogen-bond acceptors (Lipinski definition) is 3. The van der Waals surface area contributed by atoms with Crippen molar-refractivity contribution in [1.82, 2.24) is 4.90 Å². The van der Waals surface area contributed by atoms with Crippen molar-refractivity contribution in [2.75, 3.05) is 13.2 Å². The van der Waals surface area contributed by atoms with Crippen molar-refractivity contribution < 1.29 is 14.6 Å². The van der Waals surface area contributed by atoms with Gasteiger partial charge in [0.05, 0.1) is 5.56 Å².